The Balaban J connectivity index is 1.70. The van der Waals surface area contributed by atoms with Gasteiger partial charge in [-0.05, 0) is 44.1 Å². The Morgan fingerprint density at radius 3 is 2.50 bits per heavy atom. The molecule has 1 saturated heterocycles. The van der Waals surface area contributed by atoms with Crippen LogP contribution in [-0.4, -0.2) is 35.6 Å². The summed E-state index contributed by atoms with van der Waals surface area (Å²) in [6, 6.07) is 0. The number of oxime groups is 1. The van der Waals surface area contributed by atoms with E-state index in [1.807, 2.05) is 13.8 Å². The fourth-order valence-corrected chi connectivity index (χ4v) is 3.52. The number of amidine groups is 1. The van der Waals surface area contributed by atoms with Crippen LogP contribution in [0.15, 0.2) is 5.16 Å². The van der Waals surface area contributed by atoms with E-state index in [1.54, 1.807) is 0 Å². The highest BCUT2D eigenvalue weighted by Crippen LogP contribution is 2.37. The van der Waals surface area contributed by atoms with Gasteiger partial charge in [0, 0.05) is 18.5 Å². The smallest absolute Gasteiger partial charge is 0.144 e. The molecule has 4 nitrogen and oxygen atoms in total. The molecule has 2 unspecified atom stereocenters. The van der Waals surface area contributed by atoms with E-state index in [2.05, 4.69) is 10.1 Å². The molecule has 18 heavy (non-hydrogen) atoms. The van der Waals surface area contributed by atoms with Gasteiger partial charge in [0.15, 0.2) is 0 Å². The molecule has 2 fully saturated rings. The molecule has 1 saturated carbocycles. The molecule has 1 heterocycles. The fraction of sp³-hybridized carbons (Fsp3) is 0.929. The molecule has 1 aliphatic carbocycles. The minimum Gasteiger partial charge on any atom is -0.409 e. The molecule has 2 atom stereocenters. The van der Waals surface area contributed by atoms with Crippen molar-refractivity contribution in [2.45, 2.75) is 46.0 Å². The Bertz CT molecular complexity index is 302. The molecule has 0 bridgehead atoms. The molecule has 104 valence electrons. The van der Waals surface area contributed by atoms with Crippen LogP contribution in [0.2, 0.25) is 0 Å². The van der Waals surface area contributed by atoms with Crippen LogP contribution >= 0.6 is 0 Å². The maximum Gasteiger partial charge on any atom is 0.144 e. The van der Waals surface area contributed by atoms with Crippen molar-refractivity contribution < 1.29 is 5.21 Å². The highest BCUT2D eigenvalue weighted by Gasteiger charge is 2.35. The van der Waals surface area contributed by atoms with Gasteiger partial charge in [-0.2, -0.15) is 0 Å². The van der Waals surface area contributed by atoms with Crippen molar-refractivity contribution in [1.82, 2.24) is 4.90 Å². The standard InChI is InChI=1S/C14H27N3O/c1-14(2,13(15)16-18)7-4-8-17-9-11-5-3-6-12(11)10-17/h11-12,18H,3-10H2,1-2H3,(H2,15,16). The number of likely N-dealkylation sites (tertiary alicyclic amines) is 1. The lowest BCUT2D eigenvalue weighted by molar-refractivity contribution is 0.280. The minimum absolute atomic E-state index is 0.190. The van der Waals surface area contributed by atoms with Crippen molar-refractivity contribution >= 4 is 5.84 Å². The number of nitrogens with two attached hydrogens (primary N) is 1. The Morgan fingerprint density at radius 1 is 1.33 bits per heavy atom. The van der Waals surface area contributed by atoms with Crippen LogP contribution in [0.1, 0.15) is 46.0 Å². The van der Waals surface area contributed by atoms with Crippen molar-refractivity contribution in [3.05, 3.63) is 0 Å². The monoisotopic (exact) mass is 253 g/mol. The third kappa shape index (κ3) is 2.97. The first kappa shape index (κ1) is 13.7. The van der Waals surface area contributed by atoms with Crippen LogP contribution < -0.4 is 5.73 Å². The second-order valence-electron chi connectivity index (χ2n) is 6.68. The highest BCUT2D eigenvalue weighted by atomic mass is 16.4. The van der Waals surface area contributed by atoms with E-state index in [9.17, 15) is 0 Å². The Hall–Kier alpha value is -0.770. The first-order chi connectivity index (χ1) is 8.53. The molecule has 1 aliphatic heterocycles. The van der Waals surface area contributed by atoms with Crippen molar-refractivity contribution in [1.29, 1.82) is 0 Å². The summed E-state index contributed by atoms with van der Waals surface area (Å²) >= 11 is 0. The van der Waals surface area contributed by atoms with E-state index in [1.165, 1.54) is 32.4 Å². The quantitative estimate of drug-likeness (QED) is 0.342. The first-order valence-corrected chi connectivity index (χ1v) is 7.23. The second kappa shape index (κ2) is 5.47. The van der Waals surface area contributed by atoms with E-state index < -0.39 is 0 Å². The van der Waals surface area contributed by atoms with Crippen LogP contribution in [0.3, 0.4) is 0 Å². The second-order valence-corrected chi connectivity index (χ2v) is 6.68. The molecular formula is C14H27N3O. The molecule has 0 amide bonds. The van der Waals surface area contributed by atoms with Crippen LogP contribution in [-0.2, 0) is 0 Å². The minimum atomic E-state index is -0.190. The summed E-state index contributed by atoms with van der Waals surface area (Å²) in [4.78, 5) is 2.61. The summed E-state index contributed by atoms with van der Waals surface area (Å²) in [6.45, 7) is 7.85. The average Bonchev–Trinajstić information content (AvgIpc) is 2.88. The van der Waals surface area contributed by atoms with Gasteiger partial charge in [-0.3, -0.25) is 0 Å². The Kier molecular flexibility index (Phi) is 4.15. The summed E-state index contributed by atoms with van der Waals surface area (Å²) < 4.78 is 0. The highest BCUT2D eigenvalue weighted by molar-refractivity contribution is 5.85. The Morgan fingerprint density at radius 2 is 1.94 bits per heavy atom. The third-order valence-electron chi connectivity index (χ3n) is 4.88. The molecule has 0 aromatic rings. The molecule has 0 aromatic heterocycles. The largest absolute Gasteiger partial charge is 0.409 e. The van der Waals surface area contributed by atoms with Gasteiger partial charge in [0.05, 0.1) is 0 Å². The summed E-state index contributed by atoms with van der Waals surface area (Å²) in [5.74, 6) is 2.30. The molecular weight excluding hydrogens is 226 g/mol. The van der Waals surface area contributed by atoms with Gasteiger partial charge in [0.2, 0.25) is 0 Å². The predicted octanol–water partition coefficient (Wildman–Crippen LogP) is 2.27. The van der Waals surface area contributed by atoms with Gasteiger partial charge in [0.1, 0.15) is 5.84 Å². The number of hydrogen-bond acceptors (Lipinski definition) is 3. The number of rotatable bonds is 5. The van der Waals surface area contributed by atoms with Crippen LogP contribution in [0, 0.1) is 17.3 Å². The summed E-state index contributed by atoms with van der Waals surface area (Å²) in [5, 5.41) is 11.9. The maximum absolute atomic E-state index is 8.74. The van der Waals surface area contributed by atoms with Gasteiger partial charge in [-0.25, -0.2) is 0 Å². The normalized spacial score (nSPS) is 29.8. The fourth-order valence-electron chi connectivity index (χ4n) is 3.52. The lowest BCUT2D eigenvalue weighted by atomic mass is 9.86. The van der Waals surface area contributed by atoms with Crippen molar-refractivity contribution in [3.63, 3.8) is 0 Å². The zero-order chi connectivity index (χ0) is 13.2. The van der Waals surface area contributed by atoms with E-state index in [4.69, 9.17) is 10.9 Å². The maximum atomic E-state index is 8.74. The van der Waals surface area contributed by atoms with E-state index >= 15 is 0 Å². The van der Waals surface area contributed by atoms with Gasteiger partial charge in [-0.15, -0.1) is 0 Å². The van der Waals surface area contributed by atoms with Gasteiger partial charge < -0.3 is 15.8 Å². The van der Waals surface area contributed by atoms with E-state index in [0.29, 0.717) is 5.84 Å². The number of hydrogen-bond donors (Lipinski definition) is 2. The molecule has 3 N–H and O–H groups in total. The molecule has 2 rings (SSSR count). The molecule has 0 spiro atoms. The molecule has 2 aliphatic rings. The number of nitrogens with zero attached hydrogens (tertiary/aromatic N) is 2. The lowest BCUT2D eigenvalue weighted by Gasteiger charge is -2.24. The van der Waals surface area contributed by atoms with Crippen LogP contribution in [0.5, 0.6) is 0 Å². The van der Waals surface area contributed by atoms with E-state index in [0.717, 1.165) is 31.2 Å². The van der Waals surface area contributed by atoms with Gasteiger partial charge >= 0.3 is 0 Å². The van der Waals surface area contributed by atoms with Crippen molar-refractivity contribution in [2.24, 2.45) is 28.1 Å². The van der Waals surface area contributed by atoms with Crippen LogP contribution in [0.25, 0.3) is 0 Å². The third-order valence-corrected chi connectivity index (χ3v) is 4.88. The zero-order valence-corrected chi connectivity index (χ0v) is 11.7. The summed E-state index contributed by atoms with van der Waals surface area (Å²) in [6.07, 6.45) is 6.44. The zero-order valence-electron chi connectivity index (χ0n) is 11.7. The van der Waals surface area contributed by atoms with Gasteiger partial charge in [0.25, 0.3) is 0 Å². The average molecular weight is 253 g/mol. The molecule has 0 aromatic carbocycles. The summed E-state index contributed by atoms with van der Waals surface area (Å²) in [5.41, 5.74) is 5.52. The van der Waals surface area contributed by atoms with Gasteiger partial charge in [-0.1, -0.05) is 25.4 Å². The number of fused-ring (bicyclic) bond motifs is 1. The van der Waals surface area contributed by atoms with Crippen molar-refractivity contribution in [2.75, 3.05) is 19.6 Å². The lowest BCUT2D eigenvalue weighted by Crippen LogP contribution is -2.33. The summed E-state index contributed by atoms with van der Waals surface area (Å²) in [7, 11) is 0. The topological polar surface area (TPSA) is 61.8 Å². The SMILES string of the molecule is CC(C)(CCCN1CC2CCCC2C1)C(N)=NO. The first-order valence-electron chi connectivity index (χ1n) is 7.23. The van der Waals surface area contributed by atoms with Crippen molar-refractivity contribution in [3.8, 4) is 0 Å². The molecule has 4 heteroatoms. The Labute approximate surface area is 110 Å². The van der Waals surface area contributed by atoms with E-state index in [-0.39, 0.29) is 5.41 Å². The van der Waals surface area contributed by atoms with Crippen LogP contribution in [0.4, 0.5) is 0 Å². The predicted molar refractivity (Wildman–Crippen MR) is 73.7 cm³/mol. The molecule has 0 radical (unpaired) electrons.